The van der Waals surface area contributed by atoms with Crippen LogP contribution >= 0.6 is 11.6 Å². The number of hydrogen-bond donors (Lipinski definition) is 0. The van der Waals surface area contributed by atoms with Crippen molar-refractivity contribution in [1.29, 1.82) is 0 Å². The largest absolute Gasteiger partial charge is 0.421 e. The molecule has 1 aromatic carbocycles. The molecule has 0 spiro atoms. The van der Waals surface area contributed by atoms with E-state index in [0.717, 1.165) is 22.2 Å². The summed E-state index contributed by atoms with van der Waals surface area (Å²) < 4.78 is 5.64. The number of halogens is 1. The van der Waals surface area contributed by atoms with Crippen molar-refractivity contribution in [3.8, 4) is 11.5 Å². The molecule has 5 heteroatoms. The molecule has 2 aromatic heterocycles. The fourth-order valence-electron chi connectivity index (χ4n) is 2.03. The number of hydrogen-bond acceptors (Lipinski definition) is 4. The highest BCUT2D eigenvalue weighted by Crippen LogP contribution is 2.27. The maximum absolute atomic E-state index is 5.67. The van der Waals surface area contributed by atoms with E-state index >= 15 is 0 Å². The van der Waals surface area contributed by atoms with Crippen molar-refractivity contribution in [2.45, 2.75) is 13.3 Å². The van der Waals surface area contributed by atoms with Crippen LogP contribution in [0.15, 0.2) is 34.7 Å². The molecule has 0 amide bonds. The van der Waals surface area contributed by atoms with Gasteiger partial charge in [-0.15, -0.1) is 21.8 Å². The van der Waals surface area contributed by atoms with E-state index in [1.807, 2.05) is 37.3 Å². The lowest BCUT2D eigenvalue weighted by Gasteiger charge is -2.03. The van der Waals surface area contributed by atoms with Crippen LogP contribution in [0.4, 0.5) is 0 Å². The van der Waals surface area contributed by atoms with E-state index in [9.17, 15) is 0 Å². The van der Waals surface area contributed by atoms with Crippen LogP contribution in [0.1, 0.15) is 11.6 Å². The number of fused-ring (bicyclic) bond motifs is 1. The Morgan fingerprint density at radius 1 is 1.21 bits per heavy atom. The van der Waals surface area contributed by atoms with E-state index in [4.69, 9.17) is 16.0 Å². The van der Waals surface area contributed by atoms with Gasteiger partial charge in [0.25, 0.3) is 0 Å². The third-order valence-corrected chi connectivity index (χ3v) is 3.04. The van der Waals surface area contributed by atoms with Crippen LogP contribution in [-0.4, -0.2) is 21.1 Å². The molecule has 3 rings (SSSR count). The Bertz CT molecular complexity index is 724. The van der Waals surface area contributed by atoms with Crippen molar-refractivity contribution in [1.82, 2.24) is 15.2 Å². The Balaban J connectivity index is 2.17. The molecule has 0 bridgehead atoms. The average molecular weight is 274 g/mol. The number of nitrogens with zero attached hydrogens (tertiary/aromatic N) is 3. The van der Waals surface area contributed by atoms with Gasteiger partial charge in [-0.3, -0.25) is 4.98 Å². The van der Waals surface area contributed by atoms with Crippen molar-refractivity contribution in [2.75, 3.05) is 5.88 Å². The molecule has 0 saturated heterocycles. The first-order chi connectivity index (χ1) is 9.28. The van der Waals surface area contributed by atoms with Crippen LogP contribution in [0.25, 0.3) is 22.4 Å². The van der Waals surface area contributed by atoms with Gasteiger partial charge >= 0.3 is 0 Å². The van der Waals surface area contributed by atoms with Crippen LogP contribution in [0.2, 0.25) is 0 Å². The standard InChI is InChI=1S/C14H12ClN3O/c1-9-8-11(10-4-2-3-5-12(10)16-9)14-18-17-13(19-14)6-7-15/h2-5,8H,6-7H2,1H3. The van der Waals surface area contributed by atoms with Gasteiger partial charge in [0.2, 0.25) is 11.8 Å². The number of benzene rings is 1. The highest BCUT2D eigenvalue weighted by molar-refractivity contribution is 6.17. The zero-order valence-electron chi connectivity index (χ0n) is 10.4. The Morgan fingerprint density at radius 2 is 2.05 bits per heavy atom. The second-order valence-corrected chi connectivity index (χ2v) is 4.65. The number of aromatic nitrogens is 3. The normalized spacial score (nSPS) is 11.1. The van der Waals surface area contributed by atoms with Crippen LogP contribution < -0.4 is 0 Å². The summed E-state index contributed by atoms with van der Waals surface area (Å²) in [6.45, 7) is 1.95. The molecule has 3 aromatic rings. The minimum absolute atomic E-state index is 0.470. The Labute approximate surface area is 115 Å². The molecule has 0 fully saturated rings. The number of aryl methyl sites for hydroxylation is 2. The minimum Gasteiger partial charge on any atom is -0.421 e. The molecule has 0 aliphatic carbocycles. The monoisotopic (exact) mass is 273 g/mol. The Morgan fingerprint density at radius 3 is 2.89 bits per heavy atom. The summed E-state index contributed by atoms with van der Waals surface area (Å²) in [6.07, 6.45) is 0.580. The van der Waals surface area contributed by atoms with Gasteiger partial charge in [0.05, 0.1) is 5.52 Å². The van der Waals surface area contributed by atoms with Crippen molar-refractivity contribution in [3.63, 3.8) is 0 Å². The predicted octanol–water partition coefficient (Wildman–Crippen LogP) is 3.37. The molecule has 0 unspecified atom stereocenters. The molecule has 0 aliphatic heterocycles. The van der Waals surface area contributed by atoms with Crippen molar-refractivity contribution in [3.05, 3.63) is 41.9 Å². The van der Waals surface area contributed by atoms with E-state index in [1.165, 1.54) is 0 Å². The maximum Gasteiger partial charge on any atom is 0.248 e. The van der Waals surface area contributed by atoms with Gasteiger partial charge in [-0.1, -0.05) is 18.2 Å². The van der Waals surface area contributed by atoms with Gasteiger partial charge in [-0.25, -0.2) is 0 Å². The van der Waals surface area contributed by atoms with Crippen LogP contribution in [0.3, 0.4) is 0 Å². The Hall–Kier alpha value is -1.94. The average Bonchev–Trinajstić information content (AvgIpc) is 2.86. The smallest absolute Gasteiger partial charge is 0.248 e. The van der Waals surface area contributed by atoms with Gasteiger partial charge in [0.1, 0.15) is 0 Å². The summed E-state index contributed by atoms with van der Waals surface area (Å²) in [5.41, 5.74) is 2.76. The summed E-state index contributed by atoms with van der Waals surface area (Å²) in [6, 6.07) is 9.87. The van der Waals surface area contributed by atoms with E-state index < -0.39 is 0 Å². The molecule has 4 nitrogen and oxygen atoms in total. The quantitative estimate of drug-likeness (QED) is 0.687. The lowest BCUT2D eigenvalue weighted by molar-refractivity contribution is 0.514. The van der Waals surface area contributed by atoms with Gasteiger partial charge in [0, 0.05) is 28.9 Å². The SMILES string of the molecule is Cc1cc(-c2nnc(CCCl)o2)c2ccccc2n1. The third-order valence-electron chi connectivity index (χ3n) is 2.85. The zero-order chi connectivity index (χ0) is 13.2. The molecule has 0 radical (unpaired) electrons. The van der Waals surface area contributed by atoms with Crippen LogP contribution in [-0.2, 0) is 6.42 Å². The first-order valence-corrected chi connectivity index (χ1v) is 6.56. The third kappa shape index (κ3) is 2.31. The summed E-state index contributed by atoms with van der Waals surface area (Å²) in [5, 5.41) is 9.10. The van der Waals surface area contributed by atoms with Crippen LogP contribution in [0.5, 0.6) is 0 Å². The fourth-order valence-corrected chi connectivity index (χ4v) is 2.19. The topological polar surface area (TPSA) is 51.8 Å². The predicted molar refractivity (Wildman–Crippen MR) is 74.2 cm³/mol. The van der Waals surface area contributed by atoms with Gasteiger partial charge in [-0.2, -0.15) is 0 Å². The fraction of sp³-hybridized carbons (Fsp3) is 0.214. The molecular weight excluding hydrogens is 262 g/mol. The highest BCUT2D eigenvalue weighted by atomic mass is 35.5. The molecule has 19 heavy (non-hydrogen) atoms. The lowest BCUT2D eigenvalue weighted by atomic mass is 10.1. The van der Waals surface area contributed by atoms with Gasteiger partial charge < -0.3 is 4.42 Å². The second-order valence-electron chi connectivity index (χ2n) is 4.27. The van der Waals surface area contributed by atoms with Crippen LogP contribution in [0, 0.1) is 6.92 Å². The molecule has 0 saturated carbocycles. The number of alkyl halides is 1. The number of rotatable bonds is 3. The maximum atomic E-state index is 5.67. The first kappa shape index (κ1) is 12.1. The lowest BCUT2D eigenvalue weighted by Crippen LogP contribution is -1.88. The molecule has 0 aliphatic rings. The van der Waals surface area contributed by atoms with Crippen molar-refractivity contribution < 1.29 is 4.42 Å². The molecule has 0 N–H and O–H groups in total. The molecule has 0 atom stereocenters. The molecular formula is C14H12ClN3O. The number of para-hydroxylation sites is 1. The van der Waals surface area contributed by atoms with E-state index in [0.29, 0.717) is 24.1 Å². The van der Waals surface area contributed by atoms with Crippen molar-refractivity contribution >= 4 is 22.5 Å². The summed E-state index contributed by atoms with van der Waals surface area (Å²) in [7, 11) is 0. The molecule has 2 heterocycles. The molecule has 96 valence electrons. The van der Waals surface area contributed by atoms with Gasteiger partial charge in [-0.05, 0) is 19.1 Å². The van der Waals surface area contributed by atoms with E-state index in [2.05, 4.69) is 15.2 Å². The second kappa shape index (κ2) is 4.97. The summed E-state index contributed by atoms with van der Waals surface area (Å²) in [4.78, 5) is 4.49. The van der Waals surface area contributed by atoms with E-state index in [-0.39, 0.29) is 0 Å². The Kier molecular flexibility index (Phi) is 3.17. The van der Waals surface area contributed by atoms with Crippen molar-refractivity contribution in [2.24, 2.45) is 0 Å². The summed E-state index contributed by atoms with van der Waals surface area (Å²) >= 11 is 5.67. The summed E-state index contributed by atoms with van der Waals surface area (Å²) in [5.74, 6) is 1.54. The van der Waals surface area contributed by atoms with Gasteiger partial charge in [0.15, 0.2) is 0 Å². The van der Waals surface area contributed by atoms with E-state index in [1.54, 1.807) is 0 Å². The first-order valence-electron chi connectivity index (χ1n) is 6.03. The highest BCUT2D eigenvalue weighted by Gasteiger charge is 2.12. The zero-order valence-corrected chi connectivity index (χ0v) is 11.2. The number of pyridine rings is 1. The minimum atomic E-state index is 0.470.